The third-order valence-electron chi connectivity index (χ3n) is 0. The van der Waals surface area contributed by atoms with Crippen LogP contribution >= 0.6 is 0 Å². The molecule has 0 rings (SSSR count). The van der Waals surface area contributed by atoms with Crippen molar-refractivity contribution >= 4 is 86.0 Å². The maximum atomic E-state index is 0. The number of rotatable bonds is 0. The SMILES string of the molecule is [S-2].[S-2].[S-2].[Sr+2].[Ti+4]. The second-order valence-corrected chi connectivity index (χ2v) is 0. The van der Waals surface area contributed by atoms with Gasteiger partial charge in [-0.1, -0.05) is 0 Å². The first-order valence-corrected chi connectivity index (χ1v) is 0. The van der Waals surface area contributed by atoms with E-state index in [1.54, 1.807) is 0 Å². The number of hydrogen-bond acceptors (Lipinski definition) is 0. The minimum Gasteiger partial charge on any atom is -2.00 e. The molecule has 24 valence electrons. The summed E-state index contributed by atoms with van der Waals surface area (Å²) in [6, 6.07) is 0. The van der Waals surface area contributed by atoms with Crippen LogP contribution in [0.3, 0.4) is 0 Å². The summed E-state index contributed by atoms with van der Waals surface area (Å²) in [5, 5.41) is 0. The quantitative estimate of drug-likeness (QED) is 0.499. The molecule has 0 nitrogen and oxygen atoms in total. The second-order valence-electron chi connectivity index (χ2n) is 0. The van der Waals surface area contributed by atoms with Crippen LogP contribution in [0, 0.1) is 0 Å². The molecule has 0 aromatic rings. The van der Waals surface area contributed by atoms with E-state index >= 15 is 0 Å². The monoisotopic (exact) mass is 232 g/mol. The summed E-state index contributed by atoms with van der Waals surface area (Å²) in [5.74, 6) is 0. The molecule has 0 saturated carbocycles. The zero-order valence-electron chi connectivity index (χ0n) is 2.43. The van der Waals surface area contributed by atoms with Crippen molar-refractivity contribution in [1.29, 1.82) is 0 Å². The van der Waals surface area contributed by atoms with Crippen LogP contribution in [0.2, 0.25) is 0 Å². The first-order chi connectivity index (χ1) is 0. The van der Waals surface area contributed by atoms with Crippen molar-refractivity contribution in [2.24, 2.45) is 0 Å². The molecule has 0 atom stereocenters. The van der Waals surface area contributed by atoms with Crippen LogP contribution in [0.25, 0.3) is 0 Å². The van der Waals surface area contributed by atoms with E-state index in [-0.39, 0.29) is 108 Å². The fraction of sp³-hybridized carbons (Fsp3) is 0. The van der Waals surface area contributed by atoms with Crippen molar-refractivity contribution in [2.75, 3.05) is 0 Å². The summed E-state index contributed by atoms with van der Waals surface area (Å²) in [7, 11) is 0. The van der Waals surface area contributed by atoms with E-state index in [1.165, 1.54) is 0 Å². The minimum absolute atomic E-state index is 0. The topological polar surface area (TPSA) is 0 Å². The molecular formula is S3SrTi. The Morgan fingerprint density at radius 1 is 0.600 bits per heavy atom. The van der Waals surface area contributed by atoms with Gasteiger partial charge < -0.3 is 40.5 Å². The van der Waals surface area contributed by atoms with Gasteiger partial charge in [-0.2, -0.15) is 0 Å². The molecule has 5 heavy (non-hydrogen) atoms. The summed E-state index contributed by atoms with van der Waals surface area (Å²) in [5.41, 5.74) is 0. The molecule has 0 heterocycles. The first-order valence-electron chi connectivity index (χ1n) is 0. The Morgan fingerprint density at radius 2 is 0.600 bits per heavy atom. The molecule has 0 N–H and O–H groups in total. The smallest absolute Gasteiger partial charge is 2.00 e. The van der Waals surface area contributed by atoms with Crippen molar-refractivity contribution in [3.8, 4) is 0 Å². The molecule has 0 aromatic carbocycles. The summed E-state index contributed by atoms with van der Waals surface area (Å²) in [6.45, 7) is 0. The van der Waals surface area contributed by atoms with Crippen molar-refractivity contribution in [2.45, 2.75) is 0 Å². The standard InChI is InChI=1S/3S.Sr.Ti/q3*-2;+2;+4. The van der Waals surface area contributed by atoms with E-state index in [1.807, 2.05) is 0 Å². The molecule has 0 aliphatic carbocycles. The summed E-state index contributed by atoms with van der Waals surface area (Å²) in [6.07, 6.45) is 0. The van der Waals surface area contributed by atoms with E-state index in [4.69, 9.17) is 0 Å². The van der Waals surface area contributed by atoms with Crippen LogP contribution in [0.1, 0.15) is 0 Å². The van der Waals surface area contributed by atoms with Gasteiger partial charge in [0, 0.05) is 0 Å². The molecule has 0 unspecified atom stereocenters. The summed E-state index contributed by atoms with van der Waals surface area (Å²) < 4.78 is 0. The van der Waals surface area contributed by atoms with Crippen molar-refractivity contribution < 1.29 is 21.7 Å². The Morgan fingerprint density at radius 3 is 0.600 bits per heavy atom. The van der Waals surface area contributed by atoms with Gasteiger partial charge in [0.25, 0.3) is 0 Å². The molecule has 0 aromatic heterocycles. The largest absolute Gasteiger partial charge is 4.00 e. The van der Waals surface area contributed by atoms with Gasteiger partial charge in [-0.3, -0.25) is 0 Å². The minimum atomic E-state index is 0. The molecule has 0 radical (unpaired) electrons. The maximum Gasteiger partial charge on any atom is 4.00 e. The Hall–Kier alpha value is 3.24. The van der Waals surface area contributed by atoms with Crippen LogP contribution in [-0.2, 0) is 62.2 Å². The molecule has 0 spiro atoms. The van der Waals surface area contributed by atoms with E-state index in [0.717, 1.165) is 0 Å². The van der Waals surface area contributed by atoms with Gasteiger partial charge in [-0.25, -0.2) is 0 Å². The Balaban J connectivity index is 0. The molecule has 0 saturated heterocycles. The van der Waals surface area contributed by atoms with Crippen LogP contribution < -0.4 is 0 Å². The van der Waals surface area contributed by atoms with Crippen molar-refractivity contribution in [3.05, 3.63) is 0 Å². The third kappa shape index (κ3) is 18.9. The van der Waals surface area contributed by atoms with Gasteiger partial charge >= 0.3 is 67.2 Å². The Kier molecular flexibility index (Phi) is 221. The van der Waals surface area contributed by atoms with Crippen molar-refractivity contribution in [1.82, 2.24) is 0 Å². The van der Waals surface area contributed by atoms with E-state index in [0.29, 0.717) is 0 Å². The van der Waals surface area contributed by atoms with Crippen LogP contribution in [0.4, 0.5) is 0 Å². The summed E-state index contributed by atoms with van der Waals surface area (Å²) in [4.78, 5) is 0. The second kappa shape index (κ2) is 26.8. The molecule has 0 aliphatic heterocycles. The molecule has 5 heteroatoms. The van der Waals surface area contributed by atoms with Gasteiger partial charge in [0.05, 0.1) is 0 Å². The Labute approximate surface area is 105 Å². The zero-order valence-corrected chi connectivity index (χ0v) is 9.92. The Bertz CT molecular complexity index is 6.85. The van der Waals surface area contributed by atoms with E-state index in [2.05, 4.69) is 0 Å². The predicted octanol–water partition coefficient (Wildman–Crippen LogP) is -0.391. The van der Waals surface area contributed by atoms with Gasteiger partial charge in [-0.05, 0) is 0 Å². The molecular weight excluding hydrogens is 232 g/mol. The first kappa shape index (κ1) is 41.1. The van der Waals surface area contributed by atoms with Crippen molar-refractivity contribution in [3.63, 3.8) is 0 Å². The van der Waals surface area contributed by atoms with Gasteiger partial charge in [0.2, 0.25) is 0 Å². The fourth-order valence-corrected chi connectivity index (χ4v) is 0. The molecule has 0 bridgehead atoms. The zero-order chi connectivity index (χ0) is 0. The van der Waals surface area contributed by atoms with Crippen LogP contribution in [0.5, 0.6) is 0 Å². The van der Waals surface area contributed by atoms with Gasteiger partial charge in [-0.15, -0.1) is 0 Å². The van der Waals surface area contributed by atoms with Gasteiger partial charge in [0.1, 0.15) is 0 Å². The average molecular weight is 232 g/mol. The number of hydrogen-bond donors (Lipinski definition) is 0. The fourth-order valence-electron chi connectivity index (χ4n) is 0. The van der Waals surface area contributed by atoms with Gasteiger partial charge in [0.15, 0.2) is 0 Å². The van der Waals surface area contributed by atoms with E-state index < -0.39 is 0 Å². The van der Waals surface area contributed by atoms with E-state index in [9.17, 15) is 0 Å². The normalized spacial score (nSPS) is 0. The predicted molar refractivity (Wildman–Crippen MR) is 27.8 cm³/mol. The molecule has 0 fully saturated rings. The van der Waals surface area contributed by atoms with Crippen LogP contribution in [-0.4, -0.2) is 45.5 Å². The maximum absolute atomic E-state index is 0. The summed E-state index contributed by atoms with van der Waals surface area (Å²) >= 11 is 0. The molecule has 0 amide bonds. The average Bonchev–Trinajstić information content (AvgIpc) is 0. The third-order valence-corrected chi connectivity index (χ3v) is 0. The van der Waals surface area contributed by atoms with Crippen LogP contribution in [0.15, 0.2) is 0 Å². The molecule has 0 aliphatic rings.